The molecule has 1 aliphatic heterocycles. The molecular weight excluding hydrogens is 379 g/mol. The van der Waals surface area contributed by atoms with Gasteiger partial charge in [-0.15, -0.1) is 0 Å². The lowest BCUT2D eigenvalue weighted by Crippen LogP contribution is -2.30. The molecule has 0 aliphatic carbocycles. The van der Waals surface area contributed by atoms with Gasteiger partial charge in [-0.25, -0.2) is 9.18 Å². The minimum absolute atomic E-state index is 0.175. The van der Waals surface area contributed by atoms with Crippen molar-refractivity contribution in [3.05, 3.63) is 65.5 Å². The Labute approximate surface area is 166 Å². The Bertz CT molecular complexity index is 926. The Kier molecular flexibility index (Phi) is 6.33. The van der Waals surface area contributed by atoms with Crippen molar-refractivity contribution in [2.75, 3.05) is 18.1 Å². The molecule has 0 saturated carbocycles. The Hall–Kier alpha value is -3.55. The van der Waals surface area contributed by atoms with E-state index in [1.807, 2.05) is 0 Å². The largest absolute Gasteiger partial charge is 0.452 e. The highest BCUT2D eigenvalue weighted by Gasteiger charge is 2.30. The predicted octanol–water partition coefficient (Wildman–Crippen LogP) is 1.99. The summed E-state index contributed by atoms with van der Waals surface area (Å²) >= 11 is 0. The molecule has 7 nitrogen and oxygen atoms in total. The summed E-state index contributed by atoms with van der Waals surface area (Å²) < 4.78 is 18.5. The van der Waals surface area contributed by atoms with Crippen LogP contribution in [0.2, 0.25) is 0 Å². The van der Waals surface area contributed by atoms with Gasteiger partial charge in [0.15, 0.2) is 6.61 Å². The minimum Gasteiger partial charge on any atom is -0.452 e. The minimum atomic E-state index is -0.708. The van der Waals surface area contributed by atoms with E-state index in [0.29, 0.717) is 17.7 Å². The number of carbonyl (C=O) groups is 4. The van der Waals surface area contributed by atoms with Crippen LogP contribution in [0.1, 0.15) is 28.8 Å². The summed E-state index contributed by atoms with van der Waals surface area (Å²) in [7, 11) is 0. The van der Waals surface area contributed by atoms with Gasteiger partial charge in [0.2, 0.25) is 11.8 Å². The van der Waals surface area contributed by atoms with E-state index in [4.69, 9.17) is 4.74 Å². The summed E-state index contributed by atoms with van der Waals surface area (Å²) in [5.74, 6) is -2.11. The third-order valence-corrected chi connectivity index (χ3v) is 4.42. The number of hydrogen-bond donors (Lipinski definition) is 1. The van der Waals surface area contributed by atoms with E-state index in [0.717, 1.165) is 4.90 Å². The highest BCUT2D eigenvalue weighted by Crippen LogP contribution is 2.22. The van der Waals surface area contributed by atoms with Crippen molar-refractivity contribution in [2.24, 2.45) is 0 Å². The van der Waals surface area contributed by atoms with E-state index in [-0.39, 0.29) is 42.6 Å². The maximum Gasteiger partial charge on any atom is 0.338 e. The van der Waals surface area contributed by atoms with Gasteiger partial charge in [-0.05, 0) is 42.3 Å². The Balaban J connectivity index is 1.45. The molecule has 0 aromatic heterocycles. The van der Waals surface area contributed by atoms with Crippen LogP contribution in [0.5, 0.6) is 0 Å². The zero-order chi connectivity index (χ0) is 20.8. The molecule has 1 N–H and O–H groups in total. The molecule has 0 radical (unpaired) electrons. The van der Waals surface area contributed by atoms with E-state index in [2.05, 4.69) is 5.32 Å². The van der Waals surface area contributed by atoms with Crippen molar-refractivity contribution in [3.8, 4) is 0 Å². The third kappa shape index (κ3) is 5.04. The lowest BCUT2D eigenvalue weighted by Gasteiger charge is -2.14. The van der Waals surface area contributed by atoms with Gasteiger partial charge in [0.05, 0.1) is 11.3 Å². The number of halogens is 1. The van der Waals surface area contributed by atoms with Crippen molar-refractivity contribution >= 4 is 29.4 Å². The first-order valence-electron chi connectivity index (χ1n) is 9.09. The number of nitrogens with one attached hydrogen (secondary N) is 1. The predicted molar refractivity (Wildman–Crippen MR) is 102 cm³/mol. The van der Waals surface area contributed by atoms with Crippen LogP contribution >= 0.6 is 0 Å². The van der Waals surface area contributed by atoms with Crippen molar-refractivity contribution in [1.29, 1.82) is 0 Å². The molecule has 1 fully saturated rings. The maximum atomic E-state index is 13.5. The molecule has 0 unspecified atom stereocenters. The summed E-state index contributed by atoms with van der Waals surface area (Å²) in [6, 6.07) is 12.1. The van der Waals surface area contributed by atoms with Gasteiger partial charge >= 0.3 is 5.97 Å². The maximum absolute atomic E-state index is 13.5. The standard InChI is InChI=1S/C21H19FN2O5/c22-17-4-2-1-3-14(17)11-12-23-18(25)13-29-21(28)15-5-7-16(8-6-15)24-19(26)9-10-20(24)27/h1-8H,9-13H2,(H,23,25). The van der Waals surface area contributed by atoms with Crippen LogP contribution < -0.4 is 10.2 Å². The second-order valence-corrected chi connectivity index (χ2v) is 6.44. The number of anilines is 1. The highest BCUT2D eigenvalue weighted by atomic mass is 19.1. The van der Waals surface area contributed by atoms with Crippen LogP contribution in [0.15, 0.2) is 48.5 Å². The summed E-state index contributed by atoms with van der Waals surface area (Å²) in [4.78, 5) is 48.4. The molecule has 3 amide bonds. The van der Waals surface area contributed by atoms with Crippen molar-refractivity contribution in [1.82, 2.24) is 5.32 Å². The molecule has 0 atom stereocenters. The molecule has 3 rings (SSSR count). The van der Waals surface area contributed by atoms with Gasteiger partial charge in [-0.2, -0.15) is 0 Å². The average molecular weight is 398 g/mol. The number of esters is 1. The van der Waals surface area contributed by atoms with Crippen molar-refractivity contribution in [2.45, 2.75) is 19.3 Å². The van der Waals surface area contributed by atoms with Crippen LogP contribution in [0, 0.1) is 5.82 Å². The number of rotatable bonds is 7. The van der Waals surface area contributed by atoms with Gasteiger partial charge in [-0.3, -0.25) is 19.3 Å². The van der Waals surface area contributed by atoms with Crippen LogP contribution in [0.25, 0.3) is 0 Å². The first-order chi connectivity index (χ1) is 14.0. The quantitative estimate of drug-likeness (QED) is 0.569. The number of benzene rings is 2. The van der Waals surface area contributed by atoms with E-state index in [1.54, 1.807) is 18.2 Å². The molecular formula is C21H19FN2O5. The van der Waals surface area contributed by atoms with Gasteiger partial charge in [0, 0.05) is 19.4 Å². The normalized spacial score (nSPS) is 13.5. The fourth-order valence-corrected chi connectivity index (χ4v) is 2.91. The molecule has 2 aromatic carbocycles. The van der Waals surface area contributed by atoms with Gasteiger partial charge < -0.3 is 10.1 Å². The number of nitrogens with zero attached hydrogens (tertiary/aromatic N) is 1. The number of carbonyl (C=O) groups excluding carboxylic acids is 4. The number of ether oxygens (including phenoxy) is 1. The topological polar surface area (TPSA) is 92.8 Å². The van der Waals surface area contributed by atoms with E-state index in [1.165, 1.54) is 30.3 Å². The van der Waals surface area contributed by atoms with E-state index in [9.17, 15) is 23.6 Å². The number of imide groups is 1. The smallest absolute Gasteiger partial charge is 0.338 e. The summed E-state index contributed by atoms with van der Waals surface area (Å²) in [6.45, 7) is -0.259. The second-order valence-electron chi connectivity index (χ2n) is 6.44. The highest BCUT2D eigenvalue weighted by molar-refractivity contribution is 6.19. The molecule has 150 valence electrons. The third-order valence-electron chi connectivity index (χ3n) is 4.42. The summed E-state index contributed by atoms with van der Waals surface area (Å²) in [6.07, 6.45) is 0.672. The second kappa shape index (κ2) is 9.09. The van der Waals surface area contributed by atoms with Crippen LogP contribution in [0.4, 0.5) is 10.1 Å². The molecule has 1 saturated heterocycles. The fraction of sp³-hybridized carbons (Fsp3) is 0.238. The Morgan fingerprint density at radius 1 is 1.00 bits per heavy atom. The lowest BCUT2D eigenvalue weighted by atomic mass is 10.1. The zero-order valence-electron chi connectivity index (χ0n) is 15.5. The first-order valence-corrected chi connectivity index (χ1v) is 9.09. The Morgan fingerprint density at radius 3 is 2.31 bits per heavy atom. The average Bonchev–Trinajstić information content (AvgIpc) is 3.06. The lowest BCUT2D eigenvalue weighted by molar-refractivity contribution is -0.124. The van der Waals surface area contributed by atoms with Gasteiger partial charge in [0.25, 0.3) is 5.91 Å². The zero-order valence-corrected chi connectivity index (χ0v) is 15.5. The Morgan fingerprint density at radius 2 is 1.66 bits per heavy atom. The summed E-state index contributed by atoms with van der Waals surface area (Å²) in [5.41, 5.74) is 1.06. The monoisotopic (exact) mass is 398 g/mol. The first kappa shape index (κ1) is 20.2. The molecule has 0 bridgehead atoms. The number of hydrogen-bond acceptors (Lipinski definition) is 5. The molecule has 1 aliphatic rings. The van der Waals surface area contributed by atoms with Crippen molar-refractivity contribution in [3.63, 3.8) is 0 Å². The van der Waals surface area contributed by atoms with Crippen molar-refractivity contribution < 1.29 is 28.3 Å². The van der Waals surface area contributed by atoms with Crippen LogP contribution in [0.3, 0.4) is 0 Å². The van der Waals surface area contributed by atoms with Gasteiger partial charge in [-0.1, -0.05) is 18.2 Å². The van der Waals surface area contributed by atoms with Gasteiger partial charge in [0.1, 0.15) is 5.82 Å². The van der Waals surface area contributed by atoms with Crippen LogP contribution in [-0.2, 0) is 25.5 Å². The fourth-order valence-electron chi connectivity index (χ4n) is 2.91. The van der Waals surface area contributed by atoms with E-state index < -0.39 is 18.5 Å². The molecule has 0 spiro atoms. The van der Waals surface area contributed by atoms with E-state index >= 15 is 0 Å². The SMILES string of the molecule is O=C(COC(=O)c1ccc(N2C(=O)CCC2=O)cc1)NCCc1ccccc1F. The molecule has 1 heterocycles. The van der Waals surface area contributed by atoms with Crippen LogP contribution in [-0.4, -0.2) is 36.8 Å². The molecule has 8 heteroatoms. The number of amides is 3. The molecule has 29 heavy (non-hydrogen) atoms. The summed E-state index contributed by atoms with van der Waals surface area (Å²) in [5, 5.41) is 2.56. The molecule has 2 aromatic rings.